The van der Waals surface area contributed by atoms with E-state index in [1.165, 1.54) is 31.7 Å². The number of hydrogen-bond donors (Lipinski definition) is 1. The van der Waals surface area contributed by atoms with Crippen LogP contribution in [-0.2, 0) is 0 Å². The van der Waals surface area contributed by atoms with Gasteiger partial charge in [-0.2, -0.15) is 0 Å². The van der Waals surface area contributed by atoms with Crippen molar-refractivity contribution in [2.45, 2.75) is 19.3 Å². The monoisotopic (exact) mass is 232 g/mol. The molecule has 3 rings (SSSR count). The van der Waals surface area contributed by atoms with E-state index in [1.54, 1.807) is 0 Å². The minimum absolute atomic E-state index is 0.0648. The zero-order valence-corrected chi connectivity index (χ0v) is 9.67. The van der Waals surface area contributed by atoms with E-state index in [0.717, 1.165) is 13.1 Å². The molecule has 1 aliphatic heterocycles. The zero-order valence-electron chi connectivity index (χ0n) is 9.67. The van der Waals surface area contributed by atoms with Crippen LogP contribution in [0.4, 0.5) is 5.82 Å². The summed E-state index contributed by atoms with van der Waals surface area (Å²) in [5.74, 6) is 1.55. The average molecular weight is 232 g/mol. The minimum atomic E-state index is -0.0648. The van der Waals surface area contributed by atoms with Gasteiger partial charge >= 0.3 is 0 Å². The van der Waals surface area contributed by atoms with E-state index in [9.17, 15) is 4.79 Å². The lowest BCUT2D eigenvalue weighted by Crippen LogP contribution is -2.31. The van der Waals surface area contributed by atoms with Gasteiger partial charge in [0.25, 0.3) is 5.91 Å². The van der Waals surface area contributed by atoms with Gasteiger partial charge in [-0.25, -0.2) is 9.97 Å². The van der Waals surface area contributed by atoms with Gasteiger partial charge in [0.1, 0.15) is 0 Å². The highest BCUT2D eigenvalue weighted by Gasteiger charge is 2.38. The fourth-order valence-electron chi connectivity index (χ4n) is 3.06. The molecule has 5 heteroatoms. The second kappa shape index (κ2) is 3.98. The van der Waals surface area contributed by atoms with Crippen LogP contribution in [0.5, 0.6) is 0 Å². The van der Waals surface area contributed by atoms with E-state index in [-0.39, 0.29) is 11.7 Å². The van der Waals surface area contributed by atoms with Gasteiger partial charge in [0, 0.05) is 25.5 Å². The number of nitrogen functional groups attached to an aromatic ring is 1. The molecule has 2 atom stereocenters. The molecule has 1 aromatic rings. The molecule has 2 aliphatic rings. The molecule has 1 amide bonds. The van der Waals surface area contributed by atoms with E-state index in [0.29, 0.717) is 17.5 Å². The zero-order chi connectivity index (χ0) is 11.8. The third-order valence-corrected chi connectivity index (χ3v) is 3.94. The van der Waals surface area contributed by atoms with Crippen molar-refractivity contribution in [2.75, 3.05) is 18.8 Å². The van der Waals surface area contributed by atoms with Crippen LogP contribution >= 0.6 is 0 Å². The lowest BCUT2D eigenvalue weighted by molar-refractivity contribution is 0.0775. The van der Waals surface area contributed by atoms with Crippen LogP contribution in [0.15, 0.2) is 12.4 Å². The summed E-state index contributed by atoms with van der Waals surface area (Å²) >= 11 is 0. The van der Waals surface area contributed by atoms with Crippen LogP contribution in [0.3, 0.4) is 0 Å². The summed E-state index contributed by atoms with van der Waals surface area (Å²) < 4.78 is 0. The van der Waals surface area contributed by atoms with Crippen molar-refractivity contribution >= 4 is 11.7 Å². The summed E-state index contributed by atoms with van der Waals surface area (Å²) in [4.78, 5) is 22.1. The smallest absolute Gasteiger partial charge is 0.276 e. The summed E-state index contributed by atoms with van der Waals surface area (Å²) in [5, 5.41) is 0. The molecular formula is C12H16N4O. The van der Waals surface area contributed by atoms with E-state index in [4.69, 9.17) is 5.73 Å². The molecule has 1 saturated carbocycles. The number of carbonyl (C=O) groups excluding carboxylic acids is 1. The molecule has 2 heterocycles. The first-order valence-corrected chi connectivity index (χ1v) is 6.11. The van der Waals surface area contributed by atoms with Gasteiger partial charge in [-0.3, -0.25) is 4.79 Å². The fraction of sp³-hybridized carbons (Fsp3) is 0.583. The quantitative estimate of drug-likeness (QED) is 0.781. The molecule has 17 heavy (non-hydrogen) atoms. The van der Waals surface area contributed by atoms with Crippen molar-refractivity contribution in [1.29, 1.82) is 0 Å². The average Bonchev–Trinajstić information content (AvgIpc) is 2.88. The highest BCUT2D eigenvalue weighted by Crippen LogP contribution is 2.38. The lowest BCUT2D eigenvalue weighted by atomic mass is 10.0. The molecule has 1 saturated heterocycles. The van der Waals surface area contributed by atoms with Crippen molar-refractivity contribution in [3.05, 3.63) is 18.1 Å². The second-order valence-electron chi connectivity index (χ2n) is 4.95. The van der Waals surface area contributed by atoms with E-state index < -0.39 is 0 Å². The predicted octanol–water partition coefficient (Wildman–Crippen LogP) is 0.931. The number of hydrogen-bond acceptors (Lipinski definition) is 4. The summed E-state index contributed by atoms with van der Waals surface area (Å²) in [7, 11) is 0. The SMILES string of the molecule is Nc1nccnc1C(=O)N1C[C@H]2CCC[C@H]2C1. The lowest BCUT2D eigenvalue weighted by Gasteiger charge is -2.17. The molecule has 0 radical (unpaired) electrons. The number of likely N-dealkylation sites (tertiary alicyclic amines) is 1. The number of amides is 1. The van der Waals surface area contributed by atoms with Crippen molar-refractivity contribution in [3.8, 4) is 0 Å². The molecule has 2 N–H and O–H groups in total. The Morgan fingerprint density at radius 3 is 2.53 bits per heavy atom. The number of carbonyl (C=O) groups is 1. The van der Waals surface area contributed by atoms with Crippen molar-refractivity contribution < 1.29 is 4.79 Å². The standard InChI is InChI=1S/C12H16N4O/c13-11-10(14-4-5-15-11)12(17)16-6-8-2-1-3-9(8)7-16/h4-5,8-9H,1-3,6-7H2,(H2,13,15)/t8-,9+. The summed E-state index contributed by atoms with van der Waals surface area (Å²) in [6.45, 7) is 1.72. The molecule has 0 bridgehead atoms. The van der Waals surface area contributed by atoms with Gasteiger partial charge in [0.2, 0.25) is 0 Å². The summed E-state index contributed by atoms with van der Waals surface area (Å²) in [6.07, 6.45) is 6.84. The van der Waals surface area contributed by atoms with E-state index >= 15 is 0 Å². The van der Waals surface area contributed by atoms with Crippen LogP contribution in [0.2, 0.25) is 0 Å². The Hall–Kier alpha value is -1.65. The Labute approximate surface area is 100 Å². The Bertz CT molecular complexity index is 436. The van der Waals surface area contributed by atoms with Crippen molar-refractivity contribution in [1.82, 2.24) is 14.9 Å². The van der Waals surface area contributed by atoms with Gasteiger partial charge in [0.15, 0.2) is 11.5 Å². The van der Waals surface area contributed by atoms with Gasteiger partial charge < -0.3 is 10.6 Å². The first-order valence-electron chi connectivity index (χ1n) is 6.11. The molecule has 90 valence electrons. The van der Waals surface area contributed by atoms with Gasteiger partial charge in [-0.05, 0) is 24.7 Å². The van der Waals surface area contributed by atoms with Gasteiger partial charge in [-0.15, -0.1) is 0 Å². The van der Waals surface area contributed by atoms with Gasteiger partial charge in [-0.1, -0.05) is 6.42 Å². The largest absolute Gasteiger partial charge is 0.382 e. The van der Waals surface area contributed by atoms with Crippen LogP contribution < -0.4 is 5.73 Å². The molecule has 1 aromatic heterocycles. The Morgan fingerprint density at radius 2 is 1.88 bits per heavy atom. The highest BCUT2D eigenvalue weighted by molar-refractivity contribution is 5.96. The molecule has 0 unspecified atom stereocenters. The second-order valence-corrected chi connectivity index (χ2v) is 4.95. The van der Waals surface area contributed by atoms with Crippen LogP contribution in [-0.4, -0.2) is 33.9 Å². The number of anilines is 1. The molecule has 5 nitrogen and oxygen atoms in total. The fourth-order valence-corrected chi connectivity index (χ4v) is 3.06. The Kier molecular flexibility index (Phi) is 2.46. The molecule has 0 aromatic carbocycles. The normalized spacial score (nSPS) is 27.2. The number of nitrogens with zero attached hydrogens (tertiary/aromatic N) is 3. The minimum Gasteiger partial charge on any atom is -0.382 e. The molecule has 0 spiro atoms. The Balaban J connectivity index is 1.78. The maximum atomic E-state index is 12.2. The third kappa shape index (κ3) is 1.75. The summed E-state index contributed by atoms with van der Waals surface area (Å²) in [6, 6.07) is 0. The number of aromatic nitrogens is 2. The molecular weight excluding hydrogens is 216 g/mol. The van der Waals surface area contributed by atoms with Crippen LogP contribution in [0, 0.1) is 11.8 Å². The molecule has 1 aliphatic carbocycles. The first-order chi connectivity index (χ1) is 8.25. The van der Waals surface area contributed by atoms with Gasteiger partial charge in [0.05, 0.1) is 0 Å². The third-order valence-electron chi connectivity index (χ3n) is 3.94. The predicted molar refractivity (Wildman–Crippen MR) is 63.2 cm³/mol. The van der Waals surface area contributed by atoms with E-state index in [1.807, 2.05) is 4.90 Å². The van der Waals surface area contributed by atoms with Crippen LogP contribution in [0.1, 0.15) is 29.8 Å². The summed E-state index contributed by atoms with van der Waals surface area (Å²) in [5.41, 5.74) is 5.98. The molecule has 2 fully saturated rings. The first kappa shape index (κ1) is 10.5. The van der Waals surface area contributed by atoms with E-state index in [2.05, 4.69) is 9.97 Å². The van der Waals surface area contributed by atoms with Crippen LogP contribution in [0.25, 0.3) is 0 Å². The number of fused-ring (bicyclic) bond motifs is 1. The Morgan fingerprint density at radius 1 is 1.24 bits per heavy atom. The number of nitrogens with two attached hydrogens (primary N) is 1. The van der Waals surface area contributed by atoms with Crippen molar-refractivity contribution in [2.24, 2.45) is 11.8 Å². The maximum absolute atomic E-state index is 12.2. The topological polar surface area (TPSA) is 72.1 Å². The maximum Gasteiger partial charge on any atom is 0.276 e. The highest BCUT2D eigenvalue weighted by atomic mass is 16.2. The van der Waals surface area contributed by atoms with Crippen molar-refractivity contribution in [3.63, 3.8) is 0 Å². The number of rotatable bonds is 1.